The van der Waals surface area contributed by atoms with Gasteiger partial charge in [0, 0.05) is 86.4 Å². The number of benzene rings is 3. The molecule has 0 spiro atoms. The number of methoxy groups -OCH3 is 1. The van der Waals surface area contributed by atoms with Gasteiger partial charge in [-0.2, -0.15) is 10.2 Å². The Labute approximate surface area is 716 Å². The molecular formula is C95H126N20O5Si. The summed E-state index contributed by atoms with van der Waals surface area (Å²) >= 11 is 0. The first-order valence-electron chi connectivity index (χ1n) is 42.9. The molecular weight excluding hydrogens is 1530 g/mol. The zero-order valence-electron chi connectivity index (χ0n) is 75.9. The molecule has 17 rings (SSSR count). The number of nitrogens with zero attached hydrogens (tertiary/aromatic N) is 19. The maximum absolute atomic E-state index is 11.7. The van der Waals surface area contributed by atoms with Crippen molar-refractivity contribution in [2.24, 2.45) is 0 Å². The smallest absolute Gasteiger partial charge is 0.321 e. The zero-order chi connectivity index (χ0) is 87.3. The minimum atomic E-state index is -1.61. The van der Waals surface area contributed by atoms with E-state index < -0.39 is 8.32 Å². The van der Waals surface area contributed by atoms with Crippen LogP contribution in [0.25, 0.3) is 39.4 Å². The molecule has 0 saturated heterocycles. The summed E-state index contributed by atoms with van der Waals surface area (Å²) in [6.07, 6.45) is 23.1. The number of nitrogens with one attached hydrogen (secondary N) is 1. The number of aryl methyl sites for hydroxylation is 6. The van der Waals surface area contributed by atoms with Crippen LogP contribution in [-0.4, -0.2) is 139 Å². The molecule has 13 heterocycles. The average molecular weight is 1660 g/mol. The lowest BCUT2D eigenvalue weighted by molar-refractivity contribution is 0.247. The molecule has 0 fully saturated rings. The van der Waals surface area contributed by atoms with Gasteiger partial charge in [-0.15, -0.1) is 0 Å². The van der Waals surface area contributed by atoms with Gasteiger partial charge in [0.25, 0.3) is 0 Å². The largest absolute Gasteiger partial charge is 0.542 e. The highest BCUT2D eigenvalue weighted by Crippen LogP contribution is 2.43. The summed E-state index contributed by atoms with van der Waals surface area (Å²) in [6.45, 7) is 49.3. The number of hydrogen-bond donors (Lipinski definition) is 1. The number of ether oxygens (including phenoxy) is 2. The number of urea groups is 1. The Kier molecular flexibility index (Phi) is 29.9. The molecule has 1 N–H and O–H groups in total. The number of likely N-dealkylation sites (N-methyl/N-ethyl adjacent to an activating group) is 1. The lowest BCUT2D eigenvalue weighted by Crippen LogP contribution is -2.41. The van der Waals surface area contributed by atoms with E-state index in [0.717, 1.165) is 141 Å². The first-order valence-corrected chi connectivity index (χ1v) is 46.0. The Morgan fingerprint density at radius 3 is 1.50 bits per heavy atom. The van der Waals surface area contributed by atoms with Crippen LogP contribution in [0, 0.1) is 27.7 Å². The molecule has 4 aliphatic rings. The third kappa shape index (κ3) is 21.7. The number of anilines is 2. The van der Waals surface area contributed by atoms with E-state index in [-0.39, 0.29) is 6.03 Å². The molecule has 0 radical (unpaired) electrons. The van der Waals surface area contributed by atoms with E-state index >= 15 is 0 Å². The fraction of sp³-hybridized carbons (Fsp3) is 0.442. The summed E-state index contributed by atoms with van der Waals surface area (Å²) < 4.78 is 32.3. The maximum atomic E-state index is 11.7. The van der Waals surface area contributed by atoms with Crippen molar-refractivity contribution in [2.45, 2.75) is 238 Å². The van der Waals surface area contributed by atoms with Crippen molar-refractivity contribution in [2.75, 3.05) is 50.7 Å². The van der Waals surface area contributed by atoms with E-state index in [4.69, 9.17) is 18.4 Å². The van der Waals surface area contributed by atoms with Crippen LogP contribution in [-0.2, 0) is 38.1 Å². The fourth-order valence-electron chi connectivity index (χ4n) is 15.1. The molecule has 3 aliphatic heterocycles. The summed E-state index contributed by atoms with van der Waals surface area (Å²) in [5.74, 6) is 7.20. The van der Waals surface area contributed by atoms with Gasteiger partial charge in [-0.3, -0.25) is 14.9 Å². The third-order valence-corrected chi connectivity index (χ3v) is 23.8. The van der Waals surface area contributed by atoms with Gasteiger partial charge < -0.3 is 42.3 Å². The fourth-order valence-corrected chi connectivity index (χ4v) is 17.2. The van der Waals surface area contributed by atoms with Gasteiger partial charge in [0.1, 0.15) is 41.4 Å². The van der Waals surface area contributed by atoms with E-state index in [1.807, 2.05) is 110 Å². The molecule has 3 aromatic carbocycles. The highest BCUT2D eigenvalue weighted by molar-refractivity contribution is 6.72. The van der Waals surface area contributed by atoms with Crippen LogP contribution in [0.2, 0.25) is 13.1 Å². The number of pyridine rings is 4. The van der Waals surface area contributed by atoms with Gasteiger partial charge in [-0.1, -0.05) is 127 Å². The molecule has 0 atom stereocenters. The molecule has 640 valence electrons. The molecule has 121 heavy (non-hydrogen) atoms. The number of rotatable bonds is 16. The summed E-state index contributed by atoms with van der Waals surface area (Å²) in [7, 11) is 3.81. The second-order valence-electron chi connectivity index (χ2n) is 34.1. The SMILES string of the molecule is CC(C)c1ccc2c(n1)CCN2C.CCOc1nc(C(C)C)ccc1-n1cnc(C)n1.CCc1cn(-c2ccc(C(C)C)c3cnoc23)cn1.CNC(=O)N1CCCc2nc(C(C)C)ccc21.COc1nc(C(C)C)ccc1-n1cnc(C)c1.Cc1cn(-c2ccc(C(C)C)c3c2O[Si](C)(C)C3)cn1.Cc1ncn(-c2ccc(C(C)C)c3c2CC3)n1. The molecule has 10 aromatic heterocycles. The molecule has 25 nitrogen and oxygen atoms in total. The molecule has 0 saturated carbocycles. The Balaban J connectivity index is 0.000000138. The van der Waals surface area contributed by atoms with Crippen molar-refractivity contribution in [3.63, 3.8) is 0 Å². The van der Waals surface area contributed by atoms with E-state index in [1.54, 1.807) is 48.9 Å². The second-order valence-corrected chi connectivity index (χ2v) is 38.1. The van der Waals surface area contributed by atoms with Crippen molar-refractivity contribution in [3.8, 4) is 45.9 Å². The van der Waals surface area contributed by atoms with Gasteiger partial charge in [0.05, 0.1) is 95.8 Å². The quantitative estimate of drug-likeness (QED) is 0.0882. The van der Waals surface area contributed by atoms with E-state index in [9.17, 15) is 4.79 Å². The van der Waals surface area contributed by atoms with Crippen LogP contribution in [0.5, 0.6) is 17.5 Å². The van der Waals surface area contributed by atoms with Crippen molar-refractivity contribution < 1.29 is 23.2 Å². The monoisotopic (exact) mass is 1650 g/mol. The number of carbonyl (C=O) groups is 1. The topological polar surface area (TPSA) is 256 Å². The van der Waals surface area contributed by atoms with E-state index in [2.05, 4.69) is 254 Å². The van der Waals surface area contributed by atoms with Gasteiger partial charge in [-0.25, -0.2) is 49.0 Å². The Morgan fingerprint density at radius 2 is 0.983 bits per heavy atom. The Hall–Kier alpha value is -11.7. The first-order chi connectivity index (χ1) is 57.8. The molecule has 13 aromatic rings. The number of amides is 2. The van der Waals surface area contributed by atoms with Crippen LogP contribution in [0.15, 0.2) is 146 Å². The normalized spacial score (nSPS) is 13.3. The first kappa shape index (κ1) is 90.1. The molecule has 0 bridgehead atoms. The number of imidazole rings is 3. The van der Waals surface area contributed by atoms with Crippen LogP contribution in [0.4, 0.5) is 16.2 Å². The Morgan fingerprint density at radius 1 is 0.496 bits per heavy atom. The molecule has 1 aliphatic carbocycles. The third-order valence-electron chi connectivity index (χ3n) is 21.8. The van der Waals surface area contributed by atoms with Crippen LogP contribution in [0.3, 0.4) is 0 Å². The standard InChI is InChI=1S/C16H22N2OSi.C15H17N3O.C14H17N3.C13H18N4O.C13H17N3O.C13H19N3O.C11H16N2/c1-11(2)13-6-7-15(18-8-12(3)17-10-18)16-14(13)9-20(4,5)19-16;1-4-11-8-18(9-16-11)14-6-5-12(10(2)3)13-7-17-19-15(13)14;1-9(2)11-6-7-14(13-5-4-12(11)13)17-8-15-10(3)16-17;1-5-18-13-12(17-8-14-10(4)16-17)7-6-11(15-13)9(2)3;1-9(2)11-5-6-12(13(15-11)17-4)16-7-10(3)14-8-16;1-9(2)10-6-7-12-11(15-10)5-4-8-16(12)13(17)14-3;1-8(2)9-4-5-11-10(12-9)6-7-13(11)3/h6-8,10-11H,9H2,1-5H3;5-10H,4H2,1-3H3;6-9H,4-5H2,1-3H3;6-9H,5H2,1-4H3;5-9H,1-4H3;6-7,9H,4-5,8H2,1-3H3,(H,14,17);4-5,8H,6-7H2,1-3H3. The summed E-state index contributed by atoms with van der Waals surface area (Å²) in [5, 5.41) is 16.4. The predicted octanol–water partition coefficient (Wildman–Crippen LogP) is 20.2. The number of hydrogen-bond acceptors (Lipinski definition) is 18. The van der Waals surface area contributed by atoms with Crippen LogP contribution < -0.4 is 29.0 Å². The molecule has 2 amide bonds. The summed E-state index contributed by atoms with van der Waals surface area (Å²) in [5.41, 5.74) is 26.5. The van der Waals surface area contributed by atoms with Crippen molar-refractivity contribution >= 4 is 36.7 Å². The number of carbonyl (C=O) groups excluding carboxylic acids is 1. The van der Waals surface area contributed by atoms with Gasteiger partial charge in [0.2, 0.25) is 20.1 Å². The lowest BCUT2D eigenvalue weighted by Gasteiger charge is -2.28. The van der Waals surface area contributed by atoms with Crippen molar-refractivity contribution in [1.29, 1.82) is 0 Å². The average Bonchev–Trinajstić information content (AvgIpc) is 1.49. The number of fused-ring (bicyclic) bond motifs is 5. The molecule has 0 unspecified atom stereocenters. The van der Waals surface area contributed by atoms with Gasteiger partial charge in [0.15, 0.2) is 5.58 Å². The van der Waals surface area contributed by atoms with E-state index in [0.29, 0.717) is 59.8 Å². The highest BCUT2D eigenvalue weighted by Gasteiger charge is 2.37. The van der Waals surface area contributed by atoms with Crippen LogP contribution >= 0.6 is 0 Å². The van der Waals surface area contributed by atoms with E-state index in [1.165, 1.54) is 69.0 Å². The van der Waals surface area contributed by atoms with Gasteiger partial charge >= 0.3 is 6.03 Å². The molecule has 26 heteroatoms. The highest BCUT2D eigenvalue weighted by atomic mass is 28.4. The van der Waals surface area contributed by atoms with Crippen molar-refractivity contribution in [3.05, 3.63) is 238 Å². The Bertz CT molecular complexity index is 5640. The predicted molar refractivity (Wildman–Crippen MR) is 486 cm³/mol. The zero-order valence-corrected chi connectivity index (χ0v) is 76.9. The van der Waals surface area contributed by atoms with Gasteiger partial charge in [-0.05, 0) is 221 Å². The summed E-state index contributed by atoms with van der Waals surface area (Å²) in [6, 6.07) is 30.5. The summed E-state index contributed by atoms with van der Waals surface area (Å²) in [4.78, 5) is 55.4. The van der Waals surface area contributed by atoms with Crippen molar-refractivity contribution in [1.82, 2.24) is 88.6 Å². The maximum Gasteiger partial charge on any atom is 0.321 e. The van der Waals surface area contributed by atoms with Crippen LogP contribution in [0.1, 0.15) is 255 Å². The second kappa shape index (κ2) is 40.1. The lowest BCUT2D eigenvalue weighted by atomic mass is 9.80. The minimum Gasteiger partial charge on any atom is -0.542 e. The number of aromatic nitrogens is 17. The minimum absolute atomic E-state index is 0.0509.